The van der Waals surface area contributed by atoms with Gasteiger partial charge in [0.25, 0.3) is 10.0 Å². The van der Waals surface area contributed by atoms with Gasteiger partial charge in [0, 0.05) is 5.39 Å². The summed E-state index contributed by atoms with van der Waals surface area (Å²) >= 11 is 0. The molecule has 0 aliphatic rings. The van der Waals surface area contributed by atoms with Gasteiger partial charge in [0.15, 0.2) is 0 Å². The number of nitrogens with zero attached hydrogens (tertiary/aromatic N) is 1. The van der Waals surface area contributed by atoms with Crippen LogP contribution in [0.1, 0.15) is 12.5 Å². The first-order chi connectivity index (χ1) is 10.1. The first-order valence-electron chi connectivity index (χ1n) is 6.64. The molecule has 3 aromatic rings. The van der Waals surface area contributed by atoms with Crippen molar-refractivity contribution in [3.63, 3.8) is 0 Å². The molecule has 1 heterocycles. The van der Waals surface area contributed by atoms with Gasteiger partial charge in [-0.1, -0.05) is 25.1 Å². The zero-order chi connectivity index (χ0) is 14.9. The van der Waals surface area contributed by atoms with Crippen molar-refractivity contribution < 1.29 is 8.42 Å². The molecule has 0 amide bonds. The number of aryl methyl sites for hydroxylation is 1. The Balaban J connectivity index is 1.97. The van der Waals surface area contributed by atoms with Gasteiger partial charge in [0.2, 0.25) is 0 Å². The van der Waals surface area contributed by atoms with E-state index >= 15 is 0 Å². The van der Waals surface area contributed by atoms with E-state index in [1.807, 2.05) is 25.1 Å². The lowest BCUT2D eigenvalue weighted by Gasteiger charge is -2.09. The van der Waals surface area contributed by atoms with Crippen molar-refractivity contribution in [3.8, 4) is 0 Å². The average molecular weight is 301 g/mol. The number of fused-ring (bicyclic) bond motifs is 1. The van der Waals surface area contributed by atoms with Crippen molar-refractivity contribution in [2.75, 3.05) is 4.72 Å². The van der Waals surface area contributed by atoms with Gasteiger partial charge in [-0.2, -0.15) is 5.10 Å². The smallest absolute Gasteiger partial charge is 0.261 e. The van der Waals surface area contributed by atoms with E-state index in [9.17, 15) is 8.42 Å². The number of H-pyrrole nitrogens is 1. The molecule has 0 saturated heterocycles. The minimum Gasteiger partial charge on any atom is -0.279 e. The Bertz CT molecular complexity index is 867. The molecule has 0 spiro atoms. The molecular formula is C15H15N3O2S. The predicted molar refractivity (Wildman–Crippen MR) is 82.7 cm³/mol. The van der Waals surface area contributed by atoms with Crippen molar-refractivity contribution in [2.24, 2.45) is 0 Å². The molecule has 2 aromatic carbocycles. The number of aromatic amines is 1. The largest absolute Gasteiger partial charge is 0.279 e. The maximum absolute atomic E-state index is 12.4. The van der Waals surface area contributed by atoms with Crippen LogP contribution in [0.15, 0.2) is 53.6 Å². The number of sulfonamides is 1. The number of nitrogens with one attached hydrogen (secondary N) is 2. The molecule has 21 heavy (non-hydrogen) atoms. The van der Waals surface area contributed by atoms with Gasteiger partial charge in [0.1, 0.15) is 0 Å². The summed E-state index contributed by atoms with van der Waals surface area (Å²) in [6.07, 6.45) is 2.48. The molecule has 0 radical (unpaired) electrons. The summed E-state index contributed by atoms with van der Waals surface area (Å²) in [5.74, 6) is 0. The fraction of sp³-hybridized carbons (Fsp3) is 0.133. The molecule has 0 aliphatic heterocycles. The Hall–Kier alpha value is -2.34. The second-order valence-electron chi connectivity index (χ2n) is 4.74. The maximum atomic E-state index is 12.4. The van der Waals surface area contributed by atoms with E-state index in [0.29, 0.717) is 5.69 Å². The van der Waals surface area contributed by atoms with Crippen LogP contribution in [-0.2, 0) is 16.4 Å². The molecule has 0 atom stereocenters. The third kappa shape index (κ3) is 2.62. The summed E-state index contributed by atoms with van der Waals surface area (Å²) in [6.45, 7) is 2.03. The Kier molecular flexibility index (Phi) is 3.39. The fourth-order valence-electron chi connectivity index (χ4n) is 2.17. The van der Waals surface area contributed by atoms with Crippen LogP contribution >= 0.6 is 0 Å². The van der Waals surface area contributed by atoms with Crippen LogP contribution in [0.5, 0.6) is 0 Å². The number of benzene rings is 2. The number of hydrogen-bond donors (Lipinski definition) is 2. The normalized spacial score (nSPS) is 11.7. The van der Waals surface area contributed by atoms with Gasteiger partial charge < -0.3 is 0 Å². The van der Waals surface area contributed by atoms with Crippen molar-refractivity contribution in [3.05, 3.63) is 54.2 Å². The lowest BCUT2D eigenvalue weighted by molar-refractivity contribution is 0.601. The lowest BCUT2D eigenvalue weighted by Crippen LogP contribution is -2.13. The topological polar surface area (TPSA) is 74.8 Å². The van der Waals surface area contributed by atoms with Crippen LogP contribution in [0.4, 0.5) is 5.69 Å². The molecule has 5 nitrogen and oxygen atoms in total. The number of hydrogen-bond acceptors (Lipinski definition) is 3. The van der Waals surface area contributed by atoms with E-state index in [0.717, 1.165) is 22.9 Å². The molecule has 0 aliphatic carbocycles. The quantitative estimate of drug-likeness (QED) is 0.778. The van der Waals surface area contributed by atoms with Crippen LogP contribution in [-0.4, -0.2) is 18.6 Å². The summed E-state index contributed by atoms with van der Waals surface area (Å²) in [7, 11) is -3.60. The molecule has 108 valence electrons. The zero-order valence-electron chi connectivity index (χ0n) is 11.5. The predicted octanol–water partition coefficient (Wildman–Crippen LogP) is 2.93. The van der Waals surface area contributed by atoms with Crippen molar-refractivity contribution >= 4 is 26.6 Å². The number of aromatic nitrogens is 2. The third-order valence-corrected chi connectivity index (χ3v) is 4.75. The monoisotopic (exact) mass is 301 g/mol. The van der Waals surface area contributed by atoms with E-state index in [1.165, 1.54) is 0 Å². The number of rotatable bonds is 4. The van der Waals surface area contributed by atoms with Crippen molar-refractivity contribution in [2.45, 2.75) is 18.2 Å². The highest BCUT2D eigenvalue weighted by molar-refractivity contribution is 7.92. The SMILES string of the molecule is CCc1ccc(S(=O)(=O)Nc2cccc3[nH]ncc23)cc1. The molecule has 0 unspecified atom stereocenters. The highest BCUT2D eigenvalue weighted by Crippen LogP contribution is 2.24. The van der Waals surface area contributed by atoms with Crippen molar-refractivity contribution in [1.29, 1.82) is 0 Å². The summed E-state index contributed by atoms with van der Waals surface area (Å²) in [5.41, 5.74) is 2.41. The summed E-state index contributed by atoms with van der Waals surface area (Å²) in [4.78, 5) is 0.250. The van der Waals surface area contributed by atoms with Gasteiger partial charge in [0.05, 0.1) is 22.3 Å². The van der Waals surface area contributed by atoms with Gasteiger partial charge in [-0.25, -0.2) is 8.42 Å². The average Bonchev–Trinajstić information content (AvgIpc) is 2.97. The summed E-state index contributed by atoms with van der Waals surface area (Å²) in [5, 5.41) is 7.49. The molecule has 6 heteroatoms. The summed E-state index contributed by atoms with van der Waals surface area (Å²) < 4.78 is 27.5. The minimum absolute atomic E-state index is 0.250. The molecular weight excluding hydrogens is 286 g/mol. The van der Waals surface area contributed by atoms with Crippen LogP contribution in [0.3, 0.4) is 0 Å². The van der Waals surface area contributed by atoms with E-state index in [-0.39, 0.29) is 4.90 Å². The maximum Gasteiger partial charge on any atom is 0.261 e. The molecule has 0 bridgehead atoms. The standard InChI is InChI=1S/C15H15N3O2S/c1-2-11-6-8-12(9-7-11)21(19,20)18-15-5-3-4-14-13(15)10-16-17-14/h3-10,18H,2H2,1H3,(H,16,17). The minimum atomic E-state index is -3.60. The van der Waals surface area contributed by atoms with Crippen molar-refractivity contribution in [1.82, 2.24) is 10.2 Å². The van der Waals surface area contributed by atoms with Gasteiger partial charge in [-0.3, -0.25) is 9.82 Å². The Morgan fingerprint density at radius 2 is 1.90 bits per heavy atom. The third-order valence-electron chi connectivity index (χ3n) is 3.37. The van der Waals surface area contributed by atoms with Gasteiger partial charge >= 0.3 is 0 Å². The van der Waals surface area contributed by atoms with E-state index in [4.69, 9.17) is 0 Å². The second kappa shape index (κ2) is 5.21. The molecule has 0 fully saturated rings. The summed E-state index contributed by atoms with van der Waals surface area (Å²) in [6, 6.07) is 12.2. The molecule has 2 N–H and O–H groups in total. The second-order valence-corrected chi connectivity index (χ2v) is 6.42. The highest BCUT2D eigenvalue weighted by Gasteiger charge is 2.15. The van der Waals surface area contributed by atoms with Crippen LogP contribution in [0, 0.1) is 0 Å². The van der Waals surface area contributed by atoms with E-state index < -0.39 is 10.0 Å². The van der Waals surface area contributed by atoms with E-state index in [2.05, 4.69) is 14.9 Å². The Labute approximate surface area is 123 Å². The van der Waals surface area contributed by atoms with Gasteiger partial charge in [-0.05, 0) is 36.2 Å². The van der Waals surface area contributed by atoms with Crippen LogP contribution in [0.25, 0.3) is 10.9 Å². The zero-order valence-corrected chi connectivity index (χ0v) is 12.3. The molecule has 0 saturated carbocycles. The number of anilines is 1. The fourth-order valence-corrected chi connectivity index (χ4v) is 3.24. The molecule has 3 rings (SSSR count). The first-order valence-corrected chi connectivity index (χ1v) is 8.12. The first kappa shape index (κ1) is 13.6. The molecule has 1 aromatic heterocycles. The highest BCUT2D eigenvalue weighted by atomic mass is 32.2. The van der Waals surface area contributed by atoms with Crippen LogP contribution < -0.4 is 4.72 Å². The van der Waals surface area contributed by atoms with Crippen LogP contribution in [0.2, 0.25) is 0 Å². The Morgan fingerprint density at radius 3 is 2.62 bits per heavy atom. The van der Waals surface area contributed by atoms with Gasteiger partial charge in [-0.15, -0.1) is 0 Å². The lowest BCUT2D eigenvalue weighted by atomic mass is 10.2. The Morgan fingerprint density at radius 1 is 1.14 bits per heavy atom. The van der Waals surface area contributed by atoms with E-state index in [1.54, 1.807) is 30.5 Å².